The minimum absolute atomic E-state index is 0.505. The van der Waals surface area contributed by atoms with E-state index in [1.54, 1.807) is 0 Å². The lowest BCUT2D eigenvalue weighted by atomic mass is 10.1. The van der Waals surface area contributed by atoms with Gasteiger partial charge in [-0.25, -0.2) is 0 Å². The van der Waals surface area contributed by atoms with Crippen LogP contribution in [0.25, 0.3) is 12.2 Å². The highest BCUT2D eigenvalue weighted by Gasteiger charge is 2.19. The molecule has 2 N–H and O–H groups in total. The molecule has 1 aromatic rings. The maximum absolute atomic E-state index is 10.0. The minimum atomic E-state index is -1.64. The Hall–Kier alpha value is -1.27. The summed E-state index contributed by atoms with van der Waals surface area (Å²) in [7, 11) is -3.28. The topological polar surface area (TPSA) is 40.5 Å². The van der Waals surface area contributed by atoms with Crippen LogP contribution >= 0.6 is 0 Å². The van der Waals surface area contributed by atoms with Crippen LogP contribution in [0.1, 0.15) is 11.1 Å². The van der Waals surface area contributed by atoms with E-state index >= 15 is 0 Å². The van der Waals surface area contributed by atoms with Gasteiger partial charge in [-0.1, -0.05) is 63.5 Å². The molecule has 0 aliphatic heterocycles. The second-order valence-corrected chi connectivity index (χ2v) is 17.3. The van der Waals surface area contributed by atoms with Crippen LogP contribution in [0, 0.1) is 0 Å². The van der Waals surface area contributed by atoms with Crippen LogP contribution in [0.5, 0.6) is 0 Å². The summed E-state index contributed by atoms with van der Waals surface area (Å²) in [5, 5.41) is 21.1. The first-order valence-electron chi connectivity index (χ1n) is 6.92. The third kappa shape index (κ3) is 5.02. The Bertz CT molecular complexity index is 466. The number of aliphatic hydroxyl groups excluding tert-OH is 2. The van der Waals surface area contributed by atoms with Crippen molar-refractivity contribution < 1.29 is 10.2 Å². The van der Waals surface area contributed by atoms with Crippen molar-refractivity contribution in [3.63, 3.8) is 0 Å². The lowest BCUT2D eigenvalue weighted by Gasteiger charge is -2.15. The molecule has 0 aliphatic rings. The monoisotopic (exact) mass is 306 g/mol. The summed E-state index contributed by atoms with van der Waals surface area (Å²) < 4.78 is 0. The fourth-order valence-corrected chi connectivity index (χ4v) is 2.64. The fourth-order valence-electron chi connectivity index (χ4n) is 1.44. The standard InChI is InChI=1S/C16H26O2Si2/c1-19(2,3)15(17)11-13-7-9-14(10-8-13)12-16(18)20(4,5)6/h7-12,17-18H,1-6H3/b15-11+,16-12+. The van der Waals surface area contributed by atoms with Gasteiger partial charge in [0.2, 0.25) is 0 Å². The Morgan fingerprint density at radius 1 is 0.700 bits per heavy atom. The van der Waals surface area contributed by atoms with E-state index in [2.05, 4.69) is 39.3 Å². The smallest absolute Gasteiger partial charge is 0.122 e. The van der Waals surface area contributed by atoms with Gasteiger partial charge < -0.3 is 10.2 Å². The molecule has 2 nitrogen and oxygen atoms in total. The SMILES string of the molecule is C[Si](C)(C)/C(O)=C/c1ccc(/C=C(\O)[Si](C)(C)C)cc1. The van der Waals surface area contributed by atoms with Crippen LogP contribution in [0.2, 0.25) is 39.3 Å². The molecule has 110 valence electrons. The van der Waals surface area contributed by atoms with E-state index in [0.29, 0.717) is 10.8 Å². The highest BCUT2D eigenvalue weighted by Crippen LogP contribution is 2.18. The van der Waals surface area contributed by atoms with Gasteiger partial charge in [0.05, 0.1) is 10.8 Å². The van der Waals surface area contributed by atoms with Crippen LogP contribution < -0.4 is 0 Å². The van der Waals surface area contributed by atoms with Crippen LogP contribution in [0.15, 0.2) is 35.0 Å². The summed E-state index contributed by atoms with van der Waals surface area (Å²) in [5.74, 6) is 0. The maximum Gasteiger partial charge on any atom is 0.122 e. The predicted molar refractivity (Wildman–Crippen MR) is 94.3 cm³/mol. The zero-order chi connectivity index (χ0) is 15.6. The van der Waals surface area contributed by atoms with Gasteiger partial charge >= 0.3 is 0 Å². The van der Waals surface area contributed by atoms with Gasteiger partial charge in [0.25, 0.3) is 0 Å². The molecule has 0 spiro atoms. The van der Waals surface area contributed by atoms with Gasteiger partial charge in [-0.3, -0.25) is 0 Å². The molecule has 0 heterocycles. The molecule has 1 aromatic carbocycles. The van der Waals surface area contributed by atoms with E-state index < -0.39 is 16.1 Å². The van der Waals surface area contributed by atoms with Gasteiger partial charge in [-0.2, -0.15) is 0 Å². The van der Waals surface area contributed by atoms with Crippen molar-refractivity contribution >= 4 is 28.3 Å². The van der Waals surface area contributed by atoms with E-state index in [1.165, 1.54) is 0 Å². The normalized spacial score (nSPS) is 14.5. The lowest BCUT2D eigenvalue weighted by molar-refractivity contribution is 0.449. The first kappa shape index (κ1) is 16.8. The van der Waals surface area contributed by atoms with Crippen molar-refractivity contribution in [2.45, 2.75) is 39.3 Å². The van der Waals surface area contributed by atoms with Crippen molar-refractivity contribution in [1.29, 1.82) is 0 Å². The molecular weight excluding hydrogens is 280 g/mol. The van der Waals surface area contributed by atoms with E-state index in [4.69, 9.17) is 0 Å². The Balaban J connectivity index is 2.96. The zero-order valence-electron chi connectivity index (χ0n) is 13.4. The van der Waals surface area contributed by atoms with Crippen molar-refractivity contribution in [3.05, 3.63) is 46.2 Å². The van der Waals surface area contributed by atoms with Gasteiger partial charge in [0.15, 0.2) is 0 Å². The Morgan fingerprint density at radius 2 is 0.950 bits per heavy atom. The molecule has 0 bridgehead atoms. The van der Waals surface area contributed by atoms with Gasteiger partial charge in [-0.15, -0.1) is 0 Å². The molecule has 1 rings (SSSR count). The molecule has 0 radical (unpaired) electrons. The van der Waals surface area contributed by atoms with Gasteiger partial charge in [-0.05, 0) is 23.3 Å². The van der Waals surface area contributed by atoms with E-state index in [1.807, 2.05) is 36.4 Å². The molecule has 4 heteroatoms. The largest absolute Gasteiger partial charge is 0.517 e. The van der Waals surface area contributed by atoms with Crippen molar-refractivity contribution in [1.82, 2.24) is 0 Å². The number of rotatable bonds is 4. The summed E-state index contributed by atoms with van der Waals surface area (Å²) in [6.45, 7) is 12.7. The highest BCUT2D eigenvalue weighted by atomic mass is 28.3. The summed E-state index contributed by atoms with van der Waals surface area (Å²) >= 11 is 0. The van der Waals surface area contributed by atoms with Crippen LogP contribution in [0.3, 0.4) is 0 Å². The first-order valence-corrected chi connectivity index (χ1v) is 13.9. The van der Waals surface area contributed by atoms with Crippen LogP contribution in [-0.4, -0.2) is 26.4 Å². The second-order valence-electron chi connectivity index (χ2n) is 7.23. The Morgan fingerprint density at radius 3 is 1.15 bits per heavy atom. The van der Waals surface area contributed by atoms with E-state index in [-0.39, 0.29) is 0 Å². The first-order chi connectivity index (χ1) is 9.00. The molecule has 0 aromatic heterocycles. The lowest BCUT2D eigenvalue weighted by Crippen LogP contribution is -2.23. The summed E-state index contributed by atoms with van der Waals surface area (Å²) in [4.78, 5) is 0. The van der Waals surface area contributed by atoms with Crippen molar-refractivity contribution in [2.24, 2.45) is 0 Å². The second kappa shape index (κ2) is 6.01. The van der Waals surface area contributed by atoms with Crippen LogP contribution in [0.4, 0.5) is 0 Å². The quantitative estimate of drug-likeness (QED) is 0.590. The van der Waals surface area contributed by atoms with Crippen molar-refractivity contribution in [2.75, 3.05) is 0 Å². The van der Waals surface area contributed by atoms with Gasteiger partial charge in [0.1, 0.15) is 16.1 Å². The maximum atomic E-state index is 10.0. The highest BCUT2D eigenvalue weighted by molar-refractivity contribution is 6.83. The summed E-state index contributed by atoms with van der Waals surface area (Å²) in [5.41, 5.74) is 1.99. The Labute approximate surface area is 124 Å². The molecule has 0 atom stereocenters. The molecule has 0 saturated carbocycles. The van der Waals surface area contributed by atoms with Crippen LogP contribution in [-0.2, 0) is 0 Å². The van der Waals surface area contributed by atoms with Gasteiger partial charge in [0, 0.05) is 0 Å². The van der Waals surface area contributed by atoms with Crippen molar-refractivity contribution in [3.8, 4) is 0 Å². The summed E-state index contributed by atoms with van der Waals surface area (Å²) in [6.07, 6.45) is 3.69. The molecular formula is C16H26O2Si2. The fraction of sp³-hybridized carbons (Fsp3) is 0.375. The number of aliphatic hydroxyl groups is 2. The number of hydrogen-bond donors (Lipinski definition) is 2. The predicted octanol–water partition coefficient (Wildman–Crippen LogP) is 5.24. The number of hydrogen-bond acceptors (Lipinski definition) is 2. The third-order valence-electron chi connectivity index (χ3n) is 3.08. The average Bonchev–Trinajstić information content (AvgIpc) is 2.29. The average molecular weight is 307 g/mol. The molecule has 20 heavy (non-hydrogen) atoms. The Kier molecular flexibility index (Phi) is 5.05. The molecule has 0 saturated heterocycles. The minimum Gasteiger partial charge on any atom is -0.517 e. The van der Waals surface area contributed by atoms with E-state index in [0.717, 1.165) is 11.1 Å². The molecule has 0 unspecified atom stereocenters. The number of benzene rings is 1. The van der Waals surface area contributed by atoms with E-state index in [9.17, 15) is 10.2 Å². The molecule has 0 aliphatic carbocycles. The molecule has 0 amide bonds. The third-order valence-corrected chi connectivity index (χ3v) is 6.44. The zero-order valence-corrected chi connectivity index (χ0v) is 15.4. The molecule has 0 fully saturated rings. The summed E-state index contributed by atoms with van der Waals surface area (Å²) in [6, 6.07) is 7.89.